The zero-order valence-electron chi connectivity index (χ0n) is 28.8. The molecule has 0 fully saturated rings. The van der Waals surface area contributed by atoms with Gasteiger partial charge in [-0.25, -0.2) is 0 Å². The number of pyridine rings is 1. The molecule has 0 bridgehead atoms. The molecule has 0 amide bonds. The van der Waals surface area contributed by atoms with Crippen molar-refractivity contribution in [3.05, 3.63) is 188 Å². The fourth-order valence-corrected chi connectivity index (χ4v) is 6.26. The second-order valence-corrected chi connectivity index (χ2v) is 12.4. The Hall–Kier alpha value is -7.65. The molecular formula is C45H31N7O2. The van der Waals surface area contributed by atoms with Crippen molar-refractivity contribution in [2.24, 2.45) is 0 Å². The minimum atomic E-state index is 0.308. The summed E-state index contributed by atoms with van der Waals surface area (Å²) in [5, 5.41) is 17.2. The Morgan fingerprint density at radius 3 is 0.981 bits per heavy atom. The standard InChI is InChI=1S/C45H31N7O2/c1-5-13-35(14-6-1)51(36-15-7-2-8-16-36)39-26-21-32(22-27-39)42-47-49-44(53-42)34-25-30-41(46-31-34)45-50-48-43(54-45)33-23-28-40(29-24-33)52(37-17-9-3-10-18-37)38-19-11-4-12-20-38/h1-31H. The normalized spacial score (nSPS) is 11.0. The molecule has 0 unspecified atom stereocenters. The highest BCUT2D eigenvalue weighted by molar-refractivity contribution is 5.79. The van der Waals surface area contributed by atoms with Crippen LogP contribution in [0.4, 0.5) is 34.1 Å². The van der Waals surface area contributed by atoms with Crippen LogP contribution in [0.1, 0.15) is 0 Å². The Labute approximate surface area is 311 Å². The molecule has 0 spiro atoms. The maximum Gasteiger partial charge on any atom is 0.266 e. The molecule has 3 heterocycles. The first kappa shape index (κ1) is 32.3. The maximum atomic E-state index is 6.09. The quantitative estimate of drug-likeness (QED) is 0.138. The predicted octanol–water partition coefficient (Wildman–Crippen LogP) is 11.5. The second kappa shape index (κ2) is 14.5. The zero-order chi connectivity index (χ0) is 36.1. The van der Waals surface area contributed by atoms with Crippen LogP contribution in [0.3, 0.4) is 0 Å². The number of nitrogens with zero attached hydrogens (tertiary/aromatic N) is 7. The molecule has 0 radical (unpaired) electrons. The van der Waals surface area contributed by atoms with Crippen LogP contribution in [-0.2, 0) is 0 Å². The Bertz CT molecular complexity index is 2310. The number of para-hydroxylation sites is 4. The van der Waals surface area contributed by atoms with Gasteiger partial charge in [-0.2, -0.15) is 0 Å². The van der Waals surface area contributed by atoms with Gasteiger partial charge in [0, 0.05) is 51.4 Å². The average Bonchev–Trinajstić information content (AvgIpc) is 3.95. The first-order valence-corrected chi connectivity index (χ1v) is 17.4. The summed E-state index contributed by atoms with van der Waals surface area (Å²) < 4.78 is 12.1. The van der Waals surface area contributed by atoms with Crippen molar-refractivity contribution in [2.45, 2.75) is 0 Å². The van der Waals surface area contributed by atoms with Crippen LogP contribution in [0.5, 0.6) is 0 Å². The first-order valence-electron chi connectivity index (χ1n) is 17.4. The van der Waals surface area contributed by atoms with Gasteiger partial charge in [0.15, 0.2) is 0 Å². The van der Waals surface area contributed by atoms with E-state index in [-0.39, 0.29) is 0 Å². The molecule has 9 nitrogen and oxygen atoms in total. The fraction of sp³-hybridized carbons (Fsp3) is 0. The lowest BCUT2D eigenvalue weighted by Crippen LogP contribution is -2.09. The van der Waals surface area contributed by atoms with E-state index in [9.17, 15) is 0 Å². The van der Waals surface area contributed by atoms with Crippen LogP contribution in [0.25, 0.3) is 45.9 Å². The summed E-state index contributed by atoms with van der Waals surface area (Å²) >= 11 is 0. The first-order chi connectivity index (χ1) is 26.8. The summed E-state index contributed by atoms with van der Waals surface area (Å²) in [6.45, 7) is 0. The molecule has 0 aliphatic heterocycles. The molecule has 0 aliphatic carbocycles. The van der Waals surface area contributed by atoms with Gasteiger partial charge in [0.1, 0.15) is 5.69 Å². The van der Waals surface area contributed by atoms with E-state index in [2.05, 4.69) is 83.7 Å². The molecule has 9 heteroatoms. The molecular weight excluding hydrogens is 671 g/mol. The summed E-state index contributed by atoms with van der Waals surface area (Å²) in [7, 11) is 0. The summed E-state index contributed by atoms with van der Waals surface area (Å²) in [6.07, 6.45) is 1.66. The maximum absolute atomic E-state index is 6.09. The number of rotatable bonds is 10. The number of hydrogen-bond acceptors (Lipinski definition) is 9. The van der Waals surface area contributed by atoms with Gasteiger partial charge >= 0.3 is 0 Å². The molecule has 0 N–H and O–H groups in total. The highest BCUT2D eigenvalue weighted by Crippen LogP contribution is 2.37. The molecule has 0 atom stereocenters. The van der Waals surface area contributed by atoms with Gasteiger partial charge in [0.05, 0.1) is 5.56 Å². The van der Waals surface area contributed by atoms with Gasteiger partial charge in [-0.15, -0.1) is 20.4 Å². The minimum absolute atomic E-state index is 0.308. The highest BCUT2D eigenvalue weighted by atomic mass is 16.4. The lowest BCUT2D eigenvalue weighted by atomic mass is 10.1. The fourth-order valence-electron chi connectivity index (χ4n) is 6.26. The van der Waals surface area contributed by atoms with E-state index >= 15 is 0 Å². The zero-order valence-corrected chi connectivity index (χ0v) is 28.8. The largest absolute Gasteiger partial charge is 0.416 e. The van der Waals surface area contributed by atoms with E-state index in [1.807, 2.05) is 127 Å². The number of aromatic nitrogens is 5. The van der Waals surface area contributed by atoms with Gasteiger partial charge in [-0.05, 0) is 109 Å². The third kappa shape index (κ3) is 6.60. The van der Waals surface area contributed by atoms with Gasteiger partial charge in [-0.3, -0.25) is 4.98 Å². The van der Waals surface area contributed by atoms with Gasteiger partial charge in [0.25, 0.3) is 5.89 Å². The van der Waals surface area contributed by atoms with E-state index < -0.39 is 0 Å². The van der Waals surface area contributed by atoms with Crippen LogP contribution in [0, 0.1) is 0 Å². The lowest BCUT2D eigenvalue weighted by molar-refractivity contribution is 0.580. The average molecular weight is 702 g/mol. The third-order valence-corrected chi connectivity index (χ3v) is 8.88. The molecule has 54 heavy (non-hydrogen) atoms. The Morgan fingerprint density at radius 2 is 0.611 bits per heavy atom. The molecule has 0 aliphatic rings. The van der Waals surface area contributed by atoms with E-state index in [4.69, 9.17) is 8.83 Å². The molecule has 6 aromatic carbocycles. The van der Waals surface area contributed by atoms with Gasteiger partial charge in [0.2, 0.25) is 17.7 Å². The molecule has 9 rings (SSSR count). The van der Waals surface area contributed by atoms with Crippen molar-refractivity contribution in [3.8, 4) is 45.9 Å². The van der Waals surface area contributed by atoms with Crippen molar-refractivity contribution in [1.29, 1.82) is 0 Å². The topological polar surface area (TPSA) is 97.2 Å². The Balaban J connectivity index is 0.904. The molecule has 0 saturated heterocycles. The Morgan fingerprint density at radius 1 is 0.296 bits per heavy atom. The van der Waals surface area contributed by atoms with E-state index in [1.54, 1.807) is 12.3 Å². The van der Waals surface area contributed by atoms with Crippen LogP contribution in [0.2, 0.25) is 0 Å². The number of hydrogen-bond donors (Lipinski definition) is 0. The molecule has 9 aromatic rings. The number of anilines is 6. The lowest BCUT2D eigenvalue weighted by Gasteiger charge is -2.25. The monoisotopic (exact) mass is 701 g/mol. The molecule has 3 aromatic heterocycles. The van der Waals surface area contributed by atoms with Gasteiger partial charge in [-0.1, -0.05) is 72.8 Å². The van der Waals surface area contributed by atoms with E-state index in [1.165, 1.54) is 0 Å². The van der Waals surface area contributed by atoms with Crippen molar-refractivity contribution in [3.63, 3.8) is 0 Å². The van der Waals surface area contributed by atoms with Crippen LogP contribution < -0.4 is 9.80 Å². The van der Waals surface area contributed by atoms with Gasteiger partial charge < -0.3 is 18.6 Å². The smallest absolute Gasteiger partial charge is 0.266 e. The summed E-state index contributed by atoms with van der Waals surface area (Å²) in [4.78, 5) is 8.97. The van der Waals surface area contributed by atoms with Crippen molar-refractivity contribution >= 4 is 34.1 Å². The SMILES string of the molecule is c1ccc(N(c2ccccc2)c2ccc(-c3nnc(-c4ccc(-c5nnc(-c6ccc(N(c7ccccc7)c7ccccc7)cc6)o5)nc4)o3)cc2)cc1. The van der Waals surface area contributed by atoms with Crippen LogP contribution >= 0.6 is 0 Å². The molecule has 0 saturated carbocycles. The van der Waals surface area contributed by atoms with Crippen LogP contribution in [0.15, 0.2) is 197 Å². The summed E-state index contributed by atoms with van der Waals surface area (Å²) in [5.74, 6) is 1.48. The van der Waals surface area contributed by atoms with Crippen LogP contribution in [-0.4, -0.2) is 25.4 Å². The molecule has 258 valence electrons. The Kier molecular flexibility index (Phi) is 8.68. The van der Waals surface area contributed by atoms with Crippen molar-refractivity contribution < 1.29 is 8.83 Å². The summed E-state index contributed by atoms with van der Waals surface area (Å²) in [6, 6.07) is 60.8. The summed E-state index contributed by atoms with van der Waals surface area (Å²) in [5.41, 5.74) is 9.08. The van der Waals surface area contributed by atoms with E-state index in [0.29, 0.717) is 34.8 Å². The number of benzene rings is 6. The van der Waals surface area contributed by atoms with E-state index in [0.717, 1.165) is 45.3 Å². The highest BCUT2D eigenvalue weighted by Gasteiger charge is 2.17. The second-order valence-electron chi connectivity index (χ2n) is 12.4. The minimum Gasteiger partial charge on any atom is -0.416 e. The third-order valence-electron chi connectivity index (χ3n) is 8.88. The van der Waals surface area contributed by atoms with Crippen molar-refractivity contribution in [1.82, 2.24) is 25.4 Å². The predicted molar refractivity (Wildman–Crippen MR) is 211 cm³/mol. The van der Waals surface area contributed by atoms with Crippen molar-refractivity contribution in [2.75, 3.05) is 9.80 Å².